The summed E-state index contributed by atoms with van der Waals surface area (Å²) in [4.78, 5) is 11.0. The number of nitriles is 1. The van der Waals surface area contributed by atoms with Crippen molar-refractivity contribution in [1.29, 1.82) is 5.26 Å². The summed E-state index contributed by atoms with van der Waals surface area (Å²) >= 11 is 0. The molecule has 1 N–H and O–H groups in total. The number of hydrogen-bond acceptors (Lipinski definition) is 3. The highest BCUT2D eigenvalue weighted by Gasteiger charge is 2.09. The summed E-state index contributed by atoms with van der Waals surface area (Å²) in [5.41, 5.74) is 1.32. The second kappa shape index (κ2) is 5.69. The first-order valence-electron chi connectivity index (χ1n) is 5.65. The van der Waals surface area contributed by atoms with E-state index in [-0.39, 0.29) is 12.2 Å². The lowest BCUT2D eigenvalue weighted by Gasteiger charge is -2.08. The van der Waals surface area contributed by atoms with E-state index in [0.29, 0.717) is 16.9 Å². The van der Waals surface area contributed by atoms with Crippen LogP contribution in [0.25, 0.3) is 0 Å². The third-order valence-corrected chi connectivity index (χ3v) is 2.61. The Bertz CT molecular complexity index is 644. The van der Waals surface area contributed by atoms with Crippen LogP contribution in [-0.2, 0) is 6.61 Å². The molecule has 0 unspecified atom stereocenters. The highest BCUT2D eigenvalue weighted by atomic mass is 16.5. The number of aromatic carboxylic acids is 1. The number of nitrogens with zero attached hydrogens (tertiary/aromatic N) is 1. The van der Waals surface area contributed by atoms with Crippen LogP contribution in [0.5, 0.6) is 5.75 Å². The fourth-order valence-electron chi connectivity index (χ4n) is 1.67. The molecule has 2 aromatic carbocycles. The van der Waals surface area contributed by atoms with Crippen molar-refractivity contribution in [3.63, 3.8) is 0 Å². The van der Waals surface area contributed by atoms with Crippen LogP contribution in [0, 0.1) is 11.3 Å². The Kier molecular flexibility index (Phi) is 3.79. The van der Waals surface area contributed by atoms with E-state index in [1.165, 1.54) is 6.07 Å². The smallest absolute Gasteiger partial charge is 0.336 e. The normalized spacial score (nSPS) is 9.63. The Morgan fingerprint density at radius 1 is 1.21 bits per heavy atom. The predicted octanol–water partition coefficient (Wildman–Crippen LogP) is 2.84. The SMILES string of the molecule is N#Cc1cccc(OCc2ccccc2C(=O)O)c1. The first-order chi connectivity index (χ1) is 9.20. The van der Waals surface area contributed by atoms with Crippen LogP contribution in [0.2, 0.25) is 0 Å². The molecule has 0 saturated carbocycles. The van der Waals surface area contributed by atoms with Gasteiger partial charge < -0.3 is 9.84 Å². The van der Waals surface area contributed by atoms with Gasteiger partial charge in [0.1, 0.15) is 12.4 Å². The van der Waals surface area contributed by atoms with Crippen LogP contribution in [-0.4, -0.2) is 11.1 Å². The Balaban J connectivity index is 2.15. The van der Waals surface area contributed by atoms with Crippen molar-refractivity contribution in [3.05, 3.63) is 65.2 Å². The van der Waals surface area contributed by atoms with Gasteiger partial charge in [0.05, 0.1) is 17.2 Å². The molecule has 0 heterocycles. The Labute approximate surface area is 110 Å². The van der Waals surface area contributed by atoms with Crippen LogP contribution < -0.4 is 4.74 Å². The average Bonchev–Trinajstić information content (AvgIpc) is 2.45. The van der Waals surface area contributed by atoms with E-state index in [1.54, 1.807) is 42.5 Å². The van der Waals surface area contributed by atoms with Crippen molar-refractivity contribution in [2.45, 2.75) is 6.61 Å². The van der Waals surface area contributed by atoms with Gasteiger partial charge in [-0.05, 0) is 24.3 Å². The van der Waals surface area contributed by atoms with E-state index in [2.05, 4.69) is 0 Å². The minimum absolute atomic E-state index is 0.150. The first kappa shape index (κ1) is 12.7. The van der Waals surface area contributed by atoms with Gasteiger partial charge in [-0.1, -0.05) is 24.3 Å². The molecule has 0 aromatic heterocycles. The molecule has 0 saturated heterocycles. The van der Waals surface area contributed by atoms with Crippen molar-refractivity contribution in [1.82, 2.24) is 0 Å². The van der Waals surface area contributed by atoms with Gasteiger partial charge in [0.2, 0.25) is 0 Å². The van der Waals surface area contributed by atoms with Crippen LogP contribution >= 0.6 is 0 Å². The number of carboxylic acid groups (broad SMARTS) is 1. The summed E-state index contributed by atoms with van der Waals surface area (Å²) in [5.74, 6) is -0.441. The van der Waals surface area contributed by atoms with Gasteiger partial charge in [0, 0.05) is 5.56 Å². The van der Waals surface area contributed by atoms with Gasteiger partial charge in [0.25, 0.3) is 0 Å². The fourth-order valence-corrected chi connectivity index (χ4v) is 1.67. The highest BCUT2D eigenvalue weighted by molar-refractivity contribution is 5.89. The average molecular weight is 253 g/mol. The van der Waals surface area contributed by atoms with Crippen LogP contribution in [0.3, 0.4) is 0 Å². The van der Waals surface area contributed by atoms with Crippen molar-refractivity contribution in [3.8, 4) is 11.8 Å². The Hall–Kier alpha value is -2.80. The number of carboxylic acids is 1. The molecule has 0 bridgehead atoms. The molecule has 0 fully saturated rings. The first-order valence-corrected chi connectivity index (χ1v) is 5.65. The van der Waals surface area contributed by atoms with E-state index in [0.717, 1.165) is 0 Å². The van der Waals surface area contributed by atoms with E-state index < -0.39 is 5.97 Å². The summed E-state index contributed by atoms with van der Waals surface area (Å²) in [6.45, 7) is 0.150. The molecule has 94 valence electrons. The molecular formula is C15H11NO3. The molecule has 0 atom stereocenters. The second-order valence-corrected chi connectivity index (χ2v) is 3.89. The van der Waals surface area contributed by atoms with Gasteiger partial charge in [0.15, 0.2) is 0 Å². The van der Waals surface area contributed by atoms with Crippen molar-refractivity contribution < 1.29 is 14.6 Å². The lowest BCUT2D eigenvalue weighted by molar-refractivity contribution is 0.0694. The molecule has 2 aromatic rings. The molecule has 19 heavy (non-hydrogen) atoms. The number of rotatable bonds is 4. The summed E-state index contributed by atoms with van der Waals surface area (Å²) in [7, 11) is 0. The topological polar surface area (TPSA) is 70.3 Å². The van der Waals surface area contributed by atoms with Gasteiger partial charge in [-0.2, -0.15) is 5.26 Å². The summed E-state index contributed by atoms with van der Waals surface area (Å²) in [6.07, 6.45) is 0. The van der Waals surface area contributed by atoms with E-state index in [9.17, 15) is 4.79 Å². The molecular weight excluding hydrogens is 242 g/mol. The number of hydrogen-bond donors (Lipinski definition) is 1. The molecule has 0 aliphatic heterocycles. The predicted molar refractivity (Wildman–Crippen MR) is 68.9 cm³/mol. The number of benzene rings is 2. The van der Waals surface area contributed by atoms with Gasteiger partial charge in [-0.15, -0.1) is 0 Å². The summed E-state index contributed by atoms with van der Waals surface area (Å²) in [6, 6.07) is 15.4. The number of ether oxygens (including phenoxy) is 1. The minimum atomic E-state index is -0.982. The lowest BCUT2D eigenvalue weighted by atomic mass is 10.1. The summed E-state index contributed by atoms with van der Waals surface area (Å²) < 4.78 is 5.51. The Morgan fingerprint density at radius 2 is 2.00 bits per heavy atom. The number of carbonyl (C=O) groups is 1. The van der Waals surface area contributed by atoms with Gasteiger partial charge in [-0.3, -0.25) is 0 Å². The van der Waals surface area contributed by atoms with E-state index in [4.69, 9.17) is 15.1 Å². The van der Waals surface area contributed by atoms with Crippen molar-refractivity contribution in [2.24, 2.45) is 0 Å². The Morgan fingerprint density at radius 3 is 2.74 bits per heavy atom. The third kappa shape index (κ3) is 3.11. The molecule has 4 nitrogen and oxygen atoms in total. The molecule has 4 heteroatoms. The fraction of sp³-hybridized carbons (Fsp3) is 0.0667. The quantitative estimate of drug-likeness (QED) is 0.909. The van der Waals surface area contributed by atoms with Crippen LogP contribution in [0.4, 0.5) is 0 Å². The highest BCUT2D eigenvalue weighted by Crippen LogP contribution is 2.16. The van der Waals surface area contributed by atoms with Gasteiger partial charge in [-0.25, -0.2) is 4.79 Å². The molecule has 0 radical (unpaired) electrons. The minimum Gasteiger partial charge on any atom is -0.489 e. The summed E-state index contributed by atoms with van der Waals surface area (Å²) in [5, 5.41) is 17.8. The molecule has 0 aliphatic rings. The van der Waals surface area contributed by atoms with E-state index >= 15 is 0 Å². The maximum Gasteiger partial charge on any atom is 0.336 e. The standard InChI is InChI=1S/C15H11NO3/c16-9-11-4-3-6-13(8-11)19-10-12-5-1-2-7-14(12)15(17)18/h1-8H,10H2,(H,17,18). The van der Waals surface area contributed by atoms with Crippen molar-refractivity contribution in [2.75, 3.05) is 0 Å². The van der Waals surface area contributed by atoms with Crippen LogP contribution in [0.1, 0.15) is 21.5 Å². The maximum absolute atomic E-state index is 11.0. The molecule has 0 spiro atoms. The monoisotopic (exact) mass is 253 g/mol. The molecule has 0 amide bonds. The third-order valence-electron chi connectivity index (χ3n) is 2.61. The van der Waals surface area contributed by atoms with Crippen molar-refractivity contribution >= 4 is 5.97 Å². The van der Waals surface area contributed by atoms with E-state index in [1.807, 2.05) is 6.07 Å². The second-order valence-electron chi connectivity index (χ2n) is 3.89. The maximum atomic E-state index is 11.0. The molecule has 2 rings (SSSR count). The van der Waals surface area contributed by atoms with Crippen LogP contribution in [0.15, 0.2) is 48.5 Å². The largest absolute Gasteiger partial charge is 0.489 e. The zero-order valence-corrected chi connectivity index (χ0v) is 10.0. The zero-order chi connectivity index (χ0) is 13.7. The molecule has 0 aliphatic carbocycles. The van der Waals surface area contributed by atoms with Gasteiger partial charge >= 0.3 is 5.97 Å². The zero-order valence-electron chi connectivity index (χ0n) is 10.0. The lowest BCUT2D eigenvalue weighted by Crippen LogP contribution is -2.05.